The lowest BCUT2D eigenvalue weighted by Gasteiger charge is -2.21. The molecule has 3 aromatic carbocycles. The van der Waals surface area contributed by atoms with E-state index in [0.29, 0.717) is 37.0 Å². The van der Waals surface area contributed by atoms with Gasteiger partial charge in [0.2, 0.25) is 0 Å². The van der Waals surface area contributed by atoms with Crippen molar-refractivity contribution in [2.24, 2.45) is 5.73 Å². The Bertz CT molecular complexity index is 1070. The Balaban J connectivity index is 0.00000256. The molecule has 1 aromatic heterocycles. The number of nitrogens with two attached hydrogens (primary N) is 1. The Kier molecular flexibility index (Phi) is 7.27. The summed E-state index contributed by atoms with van der Waals surface area (Å²) in [5.74, 6) is 0.412. The van der Waals surface area contributed by atoms with Crippen molar-refractivity contribution >= 4 is 29.5 Å². The molecule has 0 spiro atoms. The van der Waals surface area contributed by atoms with Gasteiger partial charge in [0.1, 0.15) is 23.7 Å². The fourth-order valence-corrected chi connectivity index (χ4v) is 3.15. The van der Waals surface area contributed by atoms with E-state index in [-0.39, 0.29) is 24.8 Å². The molecule has 0 aliphatic heterocycles. The van der Waals surface area contributed by atoms with Crippen LogP contribution >= 0.6 is 12.4 Å². The van der Waals surface area contributed by atoms with Crippen LogP contribution in [0.5, 0.6) is 5.75 Å². The van der Waals surface area contributed by atoms with Crippen LogP contribution in [0.2, 0.25) is 0 Å². The monoisotopic (exact) mass is 427 g/mol. The van der Waals surface area contributed by atoms with Gasteiger partial charge in [-0.15, -0.1) is 12.4 Å². The number of aromatic nitrogens is 1. The van der Waals surface area contributed by atoms with Gasteiger partial charge in [-0.2, -0.15) is 4.98 Å². The largest absolute Gasteiger partial charge is 0.488 e. The maximum Gasteiger partial charge on any atom is 0.298 e. The van der Waals surface area contributed by atoms with E-state index in [0.717, 1.165) is 16.7 Å². The molecule has 0 amide bonds. The van der Waals surface area contributed by atoms with Gasteiger partial charge < -0.3 is 19.8 Å². The molecule has 156 valence electrons. The number of hydrogen-bond donors (Lipinski definition) is 1. The number of oxazole rings is 1. The third-order valence-electron chi connectivity index (χ3n) is 4.63. The van der Waals surface area contributed by atoms with Gasteiger partial charge in [-0.1, -0.05) is 48.5 Å². The first-order valence-corrected chi connectivity index (χ1v) is 9.49. The summed E-state index contributed by atoms with van der Waals surface area (Å²) in [5.41, 5.74) is 8.81. The van der Waals surface area contributed by atoms with Crippen LogP contribution in [0.1, 0.15) is 11.1 Å². The van der Waals surface area contributed by atoms with Crippen molar-refractivity contribution in [3.8, 4) is 5.75 Å². The van der Waals surface area contributed by atoms with Gasteiger partial charge in [0, 0.05) is 24.2 Å². The fraction of sp³-hybridized carbons (Fsp3) is 0.174. The molecule has 30 heavy (non-hydrogen) atoms. The standard InChI is InChI=1S/C23H22FN3O2.ClH/c24-19-9-3-1-8-18(19)16-28-21-11-5-2-7-17(21)15-27(14-13-25)23-26-20-10-4-6-12-22(20)29-23;/h1-12H,13-16,25H2;1H. The van der Waals surface area contributed by atoms with Gasteiger partial charge in [-0.05, 0) is 24.3 Å². The van der Waals surface area contributed by atoms with E-state index < -0.39 is 0 Å². The van der Waals surface area contributed by atoms with Crippen molar-refractivity contribution < 1.29 is 13.5 Å². The molecule has 4 rings (SSSR count). The minimum absolute atomic E-state index is 0. The highest BCUT2D eigenvalue weighted by atomic mass is 35.5. The SMILES string of the molecule is Cl.NCCN(Cc1ccccc1OCc1ccccc1F)c1nc2ccccc2o1. The Morgan fingerprint density at radius 2 is 1.63 bits per heavy atom. The van der Waals surface area contributed by atoms with Gasteiger partial charge in [0.25, 0.3) is 6.01 Å². The Labute approximate surface area is 180 Å². The minimum Gasteiger partial charge on any atom is -0.488 e. The molecule has 0 radical (unpaired) electrons. The zero-order chi connectivity index (χ0) is 20.1. The van der Waals surface area contributed by atoms with Crippen LogP contribution in [-0.2, 0) is 13.2 Å². The molecule has 0 saturated carbocycles. The van der Waals surface area contributed by atoms with Crippen molar-refractivity contribution in [1.82, 2.24) is 4.98 Å². The predicted molar refractivity (Wildman–Crippen MR) is 119 cm³/mol. The number of para-hydroxylation sites is 3. The number of ether oxygens (including phenoxy) is 1. The molecule has 0 bridgehead atoms. The first-order valence-electron chi connectivity index (χ1n) is 9.49. The first kappa shape index (κ1) is 21.6. The first-order chi connectivity index (χ1) is 14.2. The quantitative estimate of drug-likeness (QED) is 0.431. The van der Waals surface area contributed by atoms with Crippen LogP contribution in [-0.4, -0.2) is 18.1 Å². The summed E-state index contributed by atoms with van der Waals surface area (Å²) >= 11 is 0. The van der Waals surface area contributed by atoms with Gasteiger partial charge in [0.15, 0.2) is 5.58 Å². The summed E-state index contributed by atoms with van der Waals surface area (Å²) in [6, 6.07) is 22.5. The zero-order valence-electron chi connectivity index (χ0n) is 16.3. The highest BCUT2D eigenvalue weighted by Gasteiger charge is 2.16. The molecule has 0 atom stereocenters. The van der Waals surface area contributed by atoms with Gasteiger partial charge in [0.05, 0.1) is 6.54 Å². The Morgan fingerprint density at radius 1 is 0.933 bits per heavy atom. The van der Waals surface area contributed by atoms with Crippen LogP contribution in [0.15, 0.2) is 77.2 Å². The normalized spacial score (nSPS) is 10.6. The van der Waals surface area contributed by atoms with Gasteiger partial charge >= 0.3 is 0 Å². The van der Waals surface area contributed by atoms with Crippen LogP contribution in [0.4, 0.5) is 10.4 Å². The van der Waals surface area contributed by atoms with Crippen molar-refractivity contribution in [2.45, 2.75) is 13.2 Å². The number of hydrogen-bond acceptors (Lipinski definition) is 5. The second kappa shape index (κ2) is 10.1. The van der Waals surface area contributed by atoms with Crippen molar-refractivity contribution in [2.75, 3.05) is 18.0 Å². The summed E-state index contributed by atoms with van der Waals surface area (Å²) in [4.78, 5) is 6.55. The van der Waals surface area contributed by atoms with E-state index in [4.69, 9.17) is 14.9 Å². The molecule has 0 fully saturated rings. The van der Waals surface area contributed by atoms with Crippen LogP contribution in [0.3, 0.4) is 0 Å². The lowest BCUT2D eigenvalue weighted by molar-refractivity contribution is 0.296. The fourth-order valence-electron chi connectivity index (χ4n) is 3.15. The summed E-state index contributed by atoms with van der Waals surface area (Å²) in [5, 5.41) is 0. The highest BCUT2D eigenvalue weighted by molar-refractivity contribution is 5.85. The lowest BCUT2D eigenvalue weighted by Crippen LogP contribution is -2.29. The van der Waals surface area contributed by atoms with E-state index in [1.54, 1.807) is 18.2 Å². The number of benzene rings is 3. The molecule has 4 aromatic rings. The number of fused-ring (bicyclic) bond motifs is 1. The molecule has 0 aliphatic rings. The molecular formula is C23H23ClFN3O2. The molecule has 2 N–H and O–H groups in total. The topological polar surface area (TPSA) is 64.5 Å². The third-order valence-corrected chi connectivity index (χ3v) is 4.63. The van der Waals surface area contributed by atoms with Crippen molar-refractivity contribution in [3.05, 3.63) is 89.7 Å². The summed E-state index contributed by atoms with van der Waals surface area (Å²) in [6.07, 6.45) is 0. The smallest absolute Gasteiger partial charge is 0.298 e. The second-order valence-electron chi connectivity index (χ2n) is 6.66. The molecule has 5 nitrogen and oxygen atoms in total. The number of nitrogens with zero attached hydrogens (tertiary/aromatic N) is 2. The molecular weight excluding hydrogens is 405 g/mol. The van der Waals surface area contributed by atoms with Crippen LogP contribution < -0.4 is 15.4 Å². The van der Waals surface area contributed by atoms with Gasteiger partial charge in [-0.3, -0.25) is 0 Å². The van der Waals surface area contributed by atoms with Crippen molar-refractivity contribution in [3.63, 3.8) is 0 Å². The highest BCUT2D eigenvalue weighted by Crippen LogP contribution is 2.26. The second-order valence-corrected chi connectivity index (χ2v) is 6.66. The number of anilines is 1. The maximum atomic E-state index is 13.9. The van der Waals surface area contributed by atoms with Crippen LogP contribution in [0.25, 0.3) is 11.1 Å². The van der Waals surface area contributed by atoms with E-state index in [1.165, 1.54) is 6.07 Å². The Hall–Kier alpha value is -3.09. The van der Waals surface area contributed by atoms with E-state index in [1.807, 2.05) is 53.4 Å². The Morgan fingerprint density at radius 3 is 2.40 bits per heavy atom. The molecule has 0 saturated heterocycles. The average Bonchev–Trinajstić information content (AvgIpc) is 3.18. The molecule has 7 heteroatoms. The average molecular weight is 428 g/mol. The summed E-state index contributed by atoms with van der Waals surface area (Å²) < 4.78 is 25.7. The van der Waals surface area contributed by atoms with E-state index in [2.05, 4.69) is 4.98 Å². The third kappa shape index (κ3) is 4.90. The molecule has 1 heterocycles. The van der Waals surface area contributed by atoms with Gasteiger partial charge in [-0.25, -0.2) is 4.39 Å². The van der Waals surface area contributed by atoms with Crippen LogP contribution in [0, 0.1) is 5.82 Å². The zero-order valence-corrected chi connectivity index (χ0v) is 17.1. The van der Waals surface area contributed by atoms with E-state index in [9.17, 15) is 4.39 Å². The number of halogens is 2. The minimum atomic E-state index is -0.277. The van der Waals surface area contributed by atoms with E-state index >= 15 is 0 Å². The molecule has 0 aliphatic carbocycles. The summed E-state index contributed by atoms with van der Waals surface area (Å²) in [7, 11) is 0. The summed E-state index contributed by atoms with van der Waals surface area (Å²) in [6.45, 7) is 1.70. The predicted octanol–water partition coefficient (Wildman–Crippen LogP) is 4.93. The molecule has 0 unspecified atom stereocenters. The maximum absolute atomic E-state index is 13.9. The van der Waals surface area contributed by atoms with Crippen molar-refractivity contribution in [1.29, 1.82) is 0 Å². The lowest BCUT2D eigenvalue weighted by atomic mass is 10.2. The number of rotatable bonds is 8.